The summed E-state index contributed by atoms with van der Waals surface area (Å²) in [6, 6.07) is 12.4. The number of aromatic amines is 1. The van der Waals surface area contributed by atoms with Gasteiger partial charge in [0.05, 0.1) is 21.2 Å². The first-order chi connectivity index (χ1) is 15.7. The van der Waals surface area contributed by atoms with Gasteiger partial charge >= 0.3 is 6.09 Å². The second-order valence-corrected chi connectivity index (χ2v) is 8.18. The number of nitrogens with zero attached hydrogens (tertiary/aromatic N) is 2. The van der Waals surface area contributed by atoms with Gasteiger partial charge in [0.2, 0.25) is 5.95 Å². The highest BCUT2D eigenvalue weighted by Crippen LogP contribution is 2.46. The van der Waals surface area contributed by atoms with Crippen LogP contribution < -0.4 is 10.2 Å². The Morgan fingerprint density at radius 1 is 1.15 bits per heavy atom. The number of nitrogens with one attached hydrogen (secondary N) is 2. The molecule has 0 saturated heterocycles. The van der Waals surface area contributed by atoms with Crippen LogP contribution in [0.5, 0.6) is 0 Å². The molecule has 33 heavy (non-hydrogen) atoms. The van der Waals surface area contributed by atoms with Crippen LogP contribution in [0.4, 0.5) is 25.2 Å². The third-order valence-corrected chi connectivity index (χ3v) is 5.96. The molecule has 166 valence electrons. The lowest BCUT2D eigenvalue weighted by atomic mass is 9.93. The second kappa shape index (κ2) is 7.36. The number of hydrogen-bond donors (Lipinski definition) is 4. The number of benzene rings is 3. The first kappa shape index (κ1) is 21.0. The smallest absolute Gasteiger partial charge is 0.411 e. The molecule has 1 unspecified atom stereocenters. The number of carbonyl (C=O) groups excluding carboxylic acids is 1. The number of H-pyrrole nitrogens is 1. The molecule has 0 fully saturated rings. The molecule has 1 atom stereocenters. The van der Waals surface area contributed by atoms with Crippen molar-refractivity contribution in [1.82, 2.24) is 9.97 Å². The topological polar surface area (TPSA) is 119 Å². The van der Waals surface area contributed by atoms with E-state index in [1.165, 1.54) is 30.3 Å². The largest absolute Gasteiger partial charge is 0.465 e. The molecule has 0 spiro atoms. The molecular formula is C22H13BrF2N4O4. The maximum Gasteiger partial charge on any atom is 0.411 e. The average Bonchev–Trinajstić information content (AvgIpc) is 3.26. The molecule has 8 nitrogen and oxygen atoms in total. The molecule has 4 aromatic rings. The van der Waals surface area contributed by atoms with Gasteiger partial charge in [0.1, 0.15) is 5.82 Å². The van der Waals surface area contributed by atoms with E-state index >= 15 is 4.39 Å². The van der Waals surface area contributed by atoms with Crippen LogP contribution in [0.25, 0.3) is 11.0 Å². The number of hydrogen-bond acceptors (Lipinski definition) is 4. The lowest BCUT2D eigenvalue weighted by Gasteiger charge is -2.35. The van der Waals surface area contributed by atoms with Crippen LogP contribution in [0.2, 0.25) is 0 Å². The van der Waals surface area contributed by atoms with E-state index in [-0.39, 0.29) is 27.1 Å². The van der Waals surface area contributed by atoms with Crippen molar-refractivity contribution in [3.8, 4) is 0 Å². The average molecular weight is 515 g/mol. The van der Waals surface area contributed by atoms with Gasteiger partial charge in [-0.1, -0.05) is 24.3 Å². The minimum atomic E-state index is -2.19. The van der Waals surface area contributed by atoms with Crippen molar-refractivity contribution < 1.29 is 28.6 Å². The van der Waals surface area contributed by atoms with Gasteiger partial charge in [-0.05, 0) is 40.2 Å². The van der Waals surface area contributed by atoms with E-state index in [1.807, 2.05) is 0 Å². The summed E-state index contributed by atoms with van der Waals surface area (Å²) in [5.41, 5.74) is -1.46. The van der Waals surface area contributed by atoms with Gasteiger partial charge in [0, 0.05) is 22.8 Å². The van der Waals surface area contributed by atoms with E-state index in [4.69, 9.17) is 5.11 Å². The lowest BCUT2D eigenvalue weighted by Crippen LogP contribution is -2.45. The number of carboxylic acid groups (broad SMARTS) is 1. The van der Waals surface area contributed by atoms with E-state index in [1.54, 1.807) is 12.1 Å². The van der Waals surface area contributed by atoms with E-state index in [9.17, 15) is 19.1 Å². The summed E-state index contributed by atoms with van der Waals surface area (Å²) in [4.78, 5) is 31.9. The Morgan fingerprint density at radius 2 is 1.91 bits per heavy atom. The predicted molar refractivity (Wildman–Crippen MR) is 118 cm³/mol. The lowest BCUT2D eigenvalue weighted by molar-refractivity contribution is 0.0698. The highest BCUT2D eigenvalue weighted by atomic mass is 79.9. The second-order valence-electron chi connectivity index (χ2n) is 7.33. The Morgan fingerprint density at radius 3 is 2.67 bits per heavy atom. The zero-order valence-electron chi connectivity index (χ0n) is 16.4. The zero-order valence-corrected chi connectivity index (χ0v) is 18.0. The van der Waals surface area contributed by atoms with Crippen molar-refractivity contribution in [3.05, 3.63) is 87.4 Å². The predicted octanol–water partition coefficient (Wildman–Crippen LogP) is 4.55. The summed E-state index contributed by atoms with van der Waals surface area (Å²) in [6.07, 6.45) is -1.32. The molecule has 0 radical (unpaired) electrons. The van der Waals surface area contributed by atoms with Gasteiger partial charge in [-0.15, -0.1) is 0 Å². The third-order valence-electron chi connectivity index (χ3n) is 5.38. The number of halogens is 3. The molecule has 0 aliphatic carbocycles. The number of amides is 2. The molecule has 0 bridgehead atoms. The summed E-state index contributed by atoms with van der Waals surface area (Å²) >= 11 is 2.94. The van der Waals surface area contributed by atoms with Crippen LogP contribution in [-0.2, 0) is 5.72 Å². The summed E-state index contributed by atoms with van der Waals surface area (Å²) in [5.74, 6) is -2.49. The number of anilines is 2. The number of carbonyl (C=O) groups is 2. The minimum Gasteiger partial charge on any atom is -0.465 e. The van der Waals surface area contributed by atoms with Crippen molar-refractivity contribution >= 4 is 50.6 Å². The maximum absolute atomic E-state index is 15.1. The fourth-order valence-corrected chi connectivity index (χ4v) is 4.44. The van der Waals surface area contributed by atoms with Crippen LogP contribution in [-0.4, -0.2) is 32.2 Å². The summed E-state index contributed by atoms with van der Waals surface area (Å²) < 4.78 is 29.1. The minimum absolute atomic E-state index is 0.0403. The van der Waals surface area contributed by atoms with Gasteiger partial charge < -0.3 is 15.2 Å². The number of fused-ring (bicyclic) bond motifs is 2. The standard InChI is InChI=1S/C22H13BrF2N4O4/c23-14-8-11(24)9-17(18(14)25)29-19(30)12-3-1-2-4-13(12)22(29,33)10-5-6-15-16(7-10)27-20(26-15)28-21(31)32/h1-9,33H,(H,31,32)(H2,26,27,28). The Hall–Kier alpha value is -3.83. The molecule has 4 N–H and O–H groups in total. The Balaban J connectivity index is 1.75. The molecule has 0 saturated carbocycles. The van der Waals surface area contributed by atoms with Gasteiger partial charge in [-0.3, -0.25) is 15.0 Å². The van der Waals surface area contributed by atoms with Gasteiger partial charge in [0.15, 0.2) is 11.5 Å². The zero-order chi connectivity index (χ0) is 23.5. The van der Waals surface area contributed by atoms with Crippen molar-refractivity contribution in [2.45, 2.75) is 5.72 Å². The van der Waals surface area contributed by atoms with Crippen molar-refractivity contribution in [2.75, 3.05) is 10.2 Å². The number of aliphatic hydroxyl groups is 1. The van der Waals surface area contributed by atoms with Gasteiger partial charge in [-0.25, -0.2) is 18.6 Å². The molecule has 1 aliphatic rings. The van der Waals surface area contributed by atoms with Crippen LogP contribution >= 0.6 is 15.9 Å². The molecule has 3 aromatic carbocycles. The normalized spacial score (nSPS) is 17.5. The first-order valence-corrected chi connectivity index (χ1v) is 10.3. The third kappa shape index (κ3) is 3.16. The maximum atomic E-state index is 15.1. The summed E-state index contributed by atoms with van der Waals surface area (Å²) in [6.45, 7) is 0. The van der Waals surface area contributed by atoms with Crippen LogP contribution in [0.15, 0.2) is 59.1 Å². The molecule has 2 amide bonds. The summed E-state index contributed by atoms with van der Waals surface area (Å²) in [5, 5.41) is 23.0. The summed E-state index contributed by atoms with van der Waals surface area (Å²) in [7, 11) is 0. The number of aromatic nitrogens is 2. The van der Waals surface area contributed by atoms with Crippen molar-refractivity contribution in [2.24, 2.45) is 0 Å². The first-order valence-electron chi connectivity index (χ1n) is 9.51. The number of imidazole rings is 1. The molecule has 1 aromatic heterocycles. The Kier molecular flexibility index (Phi) is 4.69. The van der Waals surface area contributed by atoms with Crippen LogP contribution in [0.3, 0.4) is 0 Å². The van der Waals surface area contributed by atoms with Gasteiger partial charge in [-0.2, -0.15) is 0 Å². The molecule has 5 rings (SSSR count). The fourth-order valence-electron chi connectivity index (χ4n) is 4.02. The highest BCUT2D eigenvalue weighted by molar-refractivity contribution is 9.10. The SMILES string of the molecule is O=C(O)Nc1nc2ccc(C3(O)c4ccccc4C(=O)N3c3cc(F)cc(Br)c3F)cc2[nH]1. The highest BCUT2D eigenvalue weighted by Gasteiger charge is 2.51. The van der Waals surface area contributed by atoms with Crippen LogP contribution in [0.1, 0.15) is 21.5 Å². The molecular weight excluding hydrogens is 502 g/mol. The van der Waals surface area contributed by atoms with Crippen LogP contribution in [0, 0.1) is 11.6 Å². The van der Waals surface area contributed by atoms with E-state index in [2.05, 4.69) is 31.2 Å². The van der Waals surface area contributed by atoms with E-state index < -0.39 is 35.0 Å². The Labute approximate surface area is 192 Å². The van der Waals surface area contributed by atoms with Crippen molar-refractivity contribution in [1.29, 1.82) is 0 Å². The van der Waals surface area contributed by atoms with E-state index in [0.717, 1.165) is 17.0 Å². The van der Waals surface area contributed by atoms with Crippen molar-refractivity contribution in [3.63, 3.8) is 0 Å². The van der Waals surface area contributed by atoms with E-state index in [0.29, 0.717) is 11.0 Å². The Bertz CT molecular complexity index is 1470. The molecule has 2 heterocycles. The quantitative estimate of drug-likeness (QED) is 0.299. The molecule has 1 aliphatic heterocycles. The van der Waals surface area contributed by atoms with Gasteiger partial charge in [0.25, 0.3) is 5.91 Å². The number of rotatable bonds is 3. The fraction of sp³-hybridized carbons (Fsp3) is 0.0455. The molecule has 11 heteroatoms. The monoisotopic (exact) mass is 514 g/mol.